The van der Waals surface area contributed by atoms with E-state index >= 15 is 0 Å². The van der Waals surface area contributed by atoms with Gasteiger partial charge in [0.2, 0.25) is 5.91 Å². The molecule has 0 unspecified atom stereocenters. The second-order valence-corrected chi connectivity index (χ2v) is 9.52. The van der Waals surface area contributed by atoms with Crippen LogP contribution < -0.4 is 15.4 Å². The van der Waals surface area contributed by atoms with Crippen LogP contribution in [0.3, 0.4) is 0 Å². The van der Waals surface area contributed by atoms with Gasteiger partial charge in [-0.25, -0.2) is 0 Å². The zero-order valence-corrected chi connectivity index (χ0v) is 21.5. The SMILES string of the molecule is COc1cc(-c2cccc(-c3ccccc3)c2C(N)=O)ccc1C(=O)N1Cc2cccn2Cc2ccccc21. The lowest BCUT2D eigenvalue weighted by molar-refractivity contribution is 0.0978. The minimum absolute atomic E-state index is 0.159. The van der Waals surface area contributed by atoms with E-state index in [0.717, 1.165) is 33.6 Å². The first kappa shape index (κ1) is 24.2. The molecule has 0 bridgehead atoms. The number of fused-ring (bicyclic) bond motifs is 2. The molecular weight excluding hydrogens is 486 g/mol. The number of primary amides is 1. The molecule has 0 saturated carbocycles. The fourth-order valence-corrected chi connectivity index (χ4v) is 5.36. The molecule has 39 heavy (non-hydrogen) atoms. The molecule has 0 spiro atoms. The maximum absolute atomic E-state index is 14.1. The third-order valence-electron chi connectivity index (χ3n) is 7.25. The van der Waals surface area contributed by atoms with E-state index < -0.39 is 5.91 Å². The highest BCUT2D eigenvalue weighted by Crippen LogP contribution is 2.36. The molecule has 1 aromatic heterocycles. The minimum atomic E-state index is -0.521. The van der Waals surface area contributed by atoms with Crippen LogP contribution in [-0.2, 0) is 13.1 Å². The van der Waals surface area contributed by atoms with Crippen molar-refractivity contribution in [1.29, 1.82) is 0 Å². The van der Waals surface area contributed by atoms with Gasteiger partial charge >= 0.3 is 0 Å². The van der Waals surface area contributed by atoms with E-state index in [0.29, 0.717) is 35.5 Å². The summed E-state index contributed by atoms with van der Waals surface area (Å²) in [4.78, 5) is 28.5. The number of carbonyl (C=O) groups is 2. The lowest BCUT2D eigenvalue weighted by Gasteiger charge is -2.24. The van der Waals surface area contributed by atoms with Crippen LogP contribution in [0.4, 0.5) is 5.69 Å². The molecule has 4 aromatic carbocycles. The second-order valence-electron chi connectivity index (χ2n) is 9.52. The fraction of sp³-hybridized carbons (Fsp3) is 0.0909. The Morgan fingerprint density at radius 3 is 2.28 bits per heavy atom. The number of para-hydroxylation sites is 1. The Hall–Kier alpha value is -5.10. The standard InChI is InChI=1S/C33H27N3O3/c1-39-30-19-23(27-14-7-13-26(31(27)32(34)37)22-9-3-2-4-10-22)16-17-28(30)33(38)36-21-25-12-8-18-35(25)20-24-11-5-6-15-29(24)36/h2-19H,20-21H2,1H3,(H2,34,37). The van der Waals surface area contributed by atoms with Crippen molar-refractivity contribution in [3.05, 3.63) is 132 Å². The van der Waals surface area contributed by atoms with Gasteiger partial charge in [-0.2, -0.15) is 0 Å². The number of rotatable bonds is 5. The first-order valence-electron chi connectivity index (χ1n) is 12.8. The van der Waals surface area contributed by atoms with Crippen molar-refractivity contribution in [2.75, 3.05) is 12.0 Å². The van der Waals surface area contributed by atoms with Gasteiger partial charge in [0.1, 0.15) is 5.75 Å². The van der Waals surface area contributed by atoms with E-state index in [-0.39, 0.29) is 5.91 Å². The summed E-state index contributed by atoms with van der Waals surface area (Å²) in [6, 6.07) is 32.8. The fourth-order valence-electron chi connectivity index (χ4n) is 5.36. The van der Waals surface area contributed by atoms with Gasteiger partial charge in [-0.15, -0.1) is 0 Å². The predicted octanol–water partition coefficient (Wildman–Crippen LogP) is 6.14. The molecule has 6 heteroatoms. The summed E-state index contributed by atoms with van der Waals surface area (Å²) < 4.78 is 7.90. The topological polar surface area (TPSA) is 77.6 Å². The summed E-state index contributed by atoms with van der Waals surface area (Å²) in [6.07, 6.45) is 2.04. The molecule has 1 aliphatic heterocycles. The largest absolute Gasteiger partial charge is 0.496 e. The molecule has 192 valence electrons. The Morgan fingerprint density at radius 1 is 0.769 bits per heavy atom. The normalized spacial score (nSPS) is 12.3. The first-order chi connectivity index (χ1) is 19.0. The maximum Gasteiger partial charge on any atom is 0.262 e. The smallest absolute Gasteiger partial charge is 0.262 e. The lowest BCUT2D eigenvalue weighted by Crippen LogP contribution is -2.31. The average molecular weight is 514 g/mol. The number of ether oxygens (including phenoxy) is 1. The predicted molar refractivity (Wildman–Crippen MR) is 153 cm³/mol. The van der Waals surface area contributed by atoms with E-state index in [1.54, 1.807) is 24.1 Å². The molecule has 0 aliphatic carbocycles. The van der Waals surface area contributed by atoms with Crippen molar-refractivity contribution in [1.82, 2.24) is 4.57 Å². The summed E-state index contributed by atoms with van der Waals surface area (Å²) >= 11 is 0. The monoisotopic (exact) mass is 513 g/mol. The van der Waals surface area contributed by atoms with Crippen molar-refractivity contribution in [3.8, 4) is 28.0 Å². The molecule has 6 nitrogen and oxygen atoms in total. The van der Waals surface area contributed by atoms with Crippen molar-refractivity contribution in [2.24, 2.45) is 5.73 Å². The van der Waals surface area contributed by atoms with Crippen molar-refractivity contribution >= 4 is 17.5 Å². The van der Waals surface area contributed by atoms with Crippen molar-refractivity contribution in [3.63, 3.8) is 0 Å². The molecule has 0 atom stereocenters. The number of nitrogens with zero attached hydrogens (tertiary/aromatic N) is 2. The summed E-state index contributed by atoms with van der Waals surface area (Å²) in [5, 5.41) is 0. The van der Waals surface area contributed by atoms with Gasteiger partial charge in [-0.3, -0.25) is 9.59 Å². The highest BCUT2D eigenvalue weighted by molar-refractivity contribution is 6.09. The number of nitrogens with two attached hydrogens (primary N) is 1. The Labute approximate surface area is 226 Å². The van der Waals surface area contributed by atoms with Crippen LogP contribution in [0.5, 0.6) is 5.75 Å². The summed E-state index contributed by atoms with van der Waals surface area (Å²) in [5.74, 6) is -0.253. The number of methoxy groups -OCH3 is 1. The zero-order valence-electron chi connectivity index (χ0n) is 21.5. The number of aromatic nitrogens is 1. The minimum Gasteiger partial charge on any atom is -0.496 e. The first-order valence-corrected chi connectivity index (χ1v) is 12.8. The number of hydrogen-bond acceptors (Lipinski definition) is 3. The lowest BCUT2D eigenvalue weighted by atomic mass is 9.91. The second kappa shape index (κ2) is 9.99. The van der Waals surface area contributed by atoms with E-state index in [2.05, 4.69) is 10.6 Å². The highest BCUT2D eigenvalue weighted by atomic mass is 16.5. The molecular formula is C33H27N3O3. The van der Waals surface area contributed by atoms with Crippen LogP contribution in [0.15, 0.2) is 109 Å². The molecule has 5 aromatic rings. The number of carbonyl (C=O) groups excluding carboxylic acids is 2. The van der Waals surface area contributed by atoms with Gasteiger partial charge in [0.25, 0.3) is 5.91 Å². The summed E-state index contributed by atoms with van der Waals surface area (Å²) in [7, 11) is 1.55. The maximum atomic E-state index is 14.1. The molecule has 1 aliphatic rings. The third-order valence-corrected chi connectivity index (χ3v) is 7.25. The number of benzene rings is 4. The Balaban J connectivity index is 1.43. The van der Waals surface area contributed by atoms with E-state index in [1.165, 1.54) is 0 Å². The molecule has 0 radical (unpaired) electrons. The van der Waals surface area contributed by atoms with Gasteiger partial charge in [0.05, 0.1) is 24.8 Å². The molecule has 0 fully saturated rings. The van der Waals surface area contributed by atoms with Gasteiger partial charge in [-0.1, -0.05) is 72.8 Å². The van der Waals surface area contributed by atoms with Gasteiger partial charge in [-0.05, 0) is 58.1 Å². The van der Waals surface area contributed by atoms with E-state index in [9.17, 15) is 9.59 Å². The number of amides is 2. The average Bonchev–Trinajstić information content (AvgIpc) is 3.35. The summed E-state index contributed by atoms with van der Waals surface area (Å²) in [6.45, 7) is 1.14. The van der Waals surface area contributed by atoms with Crippen LogP contribution in [0.25, 0.3) is 22.3 Å². The highest BCUT2D eigenvalue weighted by Gasteiger charge is 2.27. The van der Waals surface area contributed by atoms with E-state index in [4.69, 9.17) is 10.5 Å². The van der Waals surface area contributed by atoms with Gasteiger partial charge in [0.15, 0.2) is 0 Å². The van der Waals surface area contributed by atoms with Crippen LogP contribution in [0.1, 0.15) is 32.0 Å². The molecule has 0 saturated heterocycles. The van der Waals surface area contributed by atoms with Crippen molar-refractivity contribution in [2.45, 2.75) is 13.1 Å². The van der Waals surface area contributed by atoms with Gasteiger partial charge < -0.3 is 19.9 Å². The number of hydrogen-bond donors (Lipinski definition) is 1. The quantitative estimate of drug-likeness (QED) is 0.307. The van der Waals surface area contributed by atoms with Gasteiger partial charge in [0, 0.05) is 24.1 Å². The Kier molecular flexibility index (Phi) is 6.21. The van der Waals surface area contributed by atoms with Crippen LogP contribution >= 0.6 is 0 Å². The summed E-state index contributed by atoms with van der Waals surface area (Å²) in [5.41, 5.74) is 12.8. The van der Waals surface area contributed by atoms with E-state index in [1.807, 2.05) is 91.1 Å². The Morgan fingerprint density at radius 2 is 1.51 bits per heavy atom. The van der Waals surface area contributed by atoms with Crippen LogP contribution in [0, 0.1) is 0 Å². The van der Waals surface area contributed by atoms with Crippen LogP contribution in [0.2, 0.25) is 0 Å². The molecule has 6 rings (SSSR count). The zero-order chi connectivity index (χ0) is 26.9. The molecule has 2 amide bonds. The molecule has 2 N–H and O–H groups in total. The Bertz CT molecular complexity index is 1700. The van der Waals surface area contributed by atoms with Crippen LogP contribution in [-0.4, -0.2) is 23.5 Å². The molecule has 2 heterocycles. The third kappa shape index (κ3) is 4.36. The number of anilines is 1. The van der Waals surface area contributed by atoms with Crippen molar-refractivity contribution < 1.29 is 14.3 Å².